The zero-order valence-electron chi connectivity index (χ0n) is 15.9. The number of hydrogen-bond donors (Lipinski definition) is 3. The minimum atomic E-state index is -1.05. The first kappa shape index (κ1) is 20.6. The number of halogens is 1. The van der Waals surface area contributed by atoms with Gasteiger partial charge in [0.05, 0.1) is 36.2 Å². The largest absolute Gasteiger partial charge is 0.394 e. The summed E-state index contributed by atoms with van der Waals surface area (Å²) in [5, 5.41) is 30.7. The number of nitrogens with one attached hydrogen (secondary N) is 2. The van der Waals surface area contributed by atoms with Crippen LogP contribution in [0.2, 0.25) is 0 Å². The summed E-state index contributed by atoms with van der Waals surface area (Å²) in [4.78, 5) is 31.6. The monoisotopic (exact) mass is 405 g/mol. The molecule has 150 valence electrons. The Morgan fingerprint density at radius 1 is 1.33 bits per heavy atom. The number of aromatic nitrogens is 2. The van der Waals surface area contributed by atoms with Gasteiger partial charge in [-0.1, -0.05) is 6.07 Å². The number of benzene rings is 1. The second-order valence-corrected chi connectivity index (χ2v) is 6.58. The van der Waals surface area contributed by atoms with E-state index in [2.05, 4.69) is 15.3 Å². The molecule has 0 fully saturated rings. The third-order valence-electron chi connectivity index (χ3n) is 4.77. The molecule has 1 aromatic carbocycles. The summed E-state index contributed by atoms with van der Waals surface area (Å²) in [5.74, 6) is -1.36. The molecule has 0 unspecified atom stereocenters. The fraction of sp³-hybridized carbons (Fsp3) is 0.190. The molecule has 3 rings (SSSR count). The molecule has 0 aliphatic rings. The van der Waals surface area contributed by atoms with Crippen molar-refractivity contribution in [2.75, 3.05) is 6.61 Å². The average molecular weight is 405 g/mol. The lowest BCUT2D eigenvalue weighted by molar-refractivity contribution is -0.121. The van der Waals surface area contributed by atoms with E-state index in [-0.39, 0.29) is 28.8 Å². The van der Waals surface area contributed by atoms with Crippen LogP contribution in [-0.4, -0.2) is 27.6 Å². The number of aromatic amines is 1. The number of carbonyl (C=O) groups excluding carboxylic acids is 1. The maximum Gasteiger partial charge on any atom is 0.252 e. The van der Waals surface area contributed by atoms with Crippen LogP contribution in [0.5, 0.6) is 0 Å². The van der Waals surface area contributed by atoms with E-state index in [4.69, 9.17) is 5.26 Å². The van der Waals surface area contributed by atoms with E-state index in [1.54, 1.807) is 19.1 Å². The molecule has 1 amide bonds. The highest BCUT2D eigenvalue weighted by Gasteiger charge is 2.21. The zero-order chi connectivity index (χ0) is 21.8. The van der Waals surface area contributed by atoms with Gasteiger partial charge in [0.2, 0.25) is 5.91 Å². The molecule has 0 bridgehead atoms. The van der Waals surface area contributed by atoms with E-state index in [9.17, 15) is 24.3 Å². The molecular formula is C21H16FN5O3. The number of fused-ring (bicyclic) bond motifs is 1. The summed E-state index contributed by atoms with van der Waals surface area (Å²) >= 11 is 0. The van der Waals surface area contributed by atoms with Crippen LogP contribution in [0.1, 0.15) is 34.0 Å². The van der Waals surface area contributed by atoms with Gasteiger partial charge in [0.15, 0.2) is 0 Å². The second kappa shape index (κ2) is 8.52. The van der Waals surface area contributed by atoms with Crippen molar-refractivity contribution < 1.29 is 14.3 Å². The zero-order valence-corrected chi connectivity index (χ0v) is 15.9. The number of aryl methyl sites for hydroxylation is 1. The van der Waals surface area contributed by atoms with Crippen LogP contribution < -0.4 is 10.9 Å². The van der Waals surface area contributed by atoms with Gasteiger partial charge in [0.25, 0.3) is 5.56 Å². The van der Waals surface area contributed by atoms with Gasteiger partial charge in [-0.05, 0) is 30.7 Å². The number of nitrogens with zero attached hydrogens (tertiary/aromatic N) is 3. The number of aliphatic hydroxyl groups is 1. The Labute approximate surface area is 170 Å². The van der Waals surface area contributed by atoms with E-state index >= 15 is 0 Å². The molecule has 0 saturated heterocycles. The highest BCUT2D eigenvalue weighted by atomic mass is 19.1. The lowest BCUT2D eigenvalue weighted by atomic mass is 10.0. The fourth-order valence-corrected chi connectivity index (χ4v) is 3.27. The van der Waals surface area contributed by atoms with Crippen molar-refractivity contribution >= 4 is 16.8 Å². The molecular weight excluding hydrogens is 389 g/mol. The van der Waals surface area contributed by atoms with E-state index < -0.39 is 29.9 Å². The van der Waals surface area contributed by atoms with E-state index in [1.807, 2.05) is 6.07 Å². The van der Waals surface area contributed by atoms with Crippen molar-refractivity contribution in [1.29, 1.82) is 10.5 Å². The van der Waals surface area contributed by atoms with Gasteiger partial charge in [0, 0.05) is 22.7 Å². The van der Waals surface area contributed by atoms with Crippen LogP contribution in [0.3, 0.4) is 0 Å². The van der Waals surface area contributed by atoms with Crippen molar-refractivity contribution in [2.45, 2.75) is 19.4 Å². The molecule has 30 heavy (non-hydrogen) atoms. The lowest BCUT2D eigenvalue weighted by Gasteiger charge is -2.18. The van der Waals surface area contributed by atoms with Gasteiger partial charge in [0.1, 0.15) is 17.6 Å². The van der Waals surface area contributed by atoms with Crippen LogP contribution >= 0.6 is 0 Å². The van der Waals surface area contributed by atoms with E-state index in [0.717, 1.165) is 6.07 Å². The Hall–Kier alpha value is -4.08. The Balaban J connectivity index is 1.91. The van der Waals surface area contributed by atoms with Crippen molar-refractivity contribution in [3.63, 3.8) is 0 Å². The first-order chi connectivity index (χ1) is 14.4. The minimum absolute atomic E-state index is 0.0185. The predicted molar refractivity (Wildman–Crippen MR) is 105 cm³/mol. The summed E-state index contributed by atoms with van der Waals surface area (Å²) in [5.41, 5.74) is 0.775. The van der Waals surface area contributed by atoms with Gasteiger partial charge < -0.3 is 15.4 Å². The molecule has 0 aliphatic heterocycles. The fourth-order valence-electron chi connectivity index (χ4n) is 3.27. The molecule has 0 aliphatic carbocycles. The molecule has 0 radical (unpaired) electrons. The first-order valence-corrected chi connectivity index (χ1v) is 8.90. The van der Waals surface area contributed by atoms with Crippen LogP contribution in [0, 0.1) is 35.4 Å². The number of amides is 1. The topological polar surface area (TPSA) is 143 Å². The average Bonchev–Trinajstić information content (AvgIpc) is 2.74. The summed E-state index contributed by atoms with van der Waals surface area (Å²) in [6.45, 7) is 1.04. The number of pyridine rings is 2. The Bertz CT molecular complexity index is 1290. The van der Waals surface area contributed by atoms with E-state index in [0.29, 0.717) is 16.5 Å². The number of H-pyrrole nitrogens is 1. The molecule has 0 spiro atoms. The second-order valence-electron chi connectivity index (χ2n) is 6.58. The van der Waals surface area contributed by atoms with Crippen LogP contribution in [0.15, 0.2) is 35.3 Å². The maximum atomic E-state index is 14.2. The third-order valence-corrected chi connectivity index (χ3v) is 4.77. The quantitative estimate of drug-likeness (QED) is 0.587. The minimum Gasteiger partial charge on any atom is -0.394 e. The number of nitriles is 2. The SMILES string of the molecule is Cc1c(CC(=O)N[C@@H](CO)c2ccc(C#N)cc2F)c(=O)[nH]c2ccnc(C#N)c12. The normalized spacial score (nSPS) is 11.5. The molecule has 1 atom stereocenters. The van der Waals surface area contributed by atoms with Gasteiger partial charge in [-0.15, -0.1) is 0 Å². The smallest absolute Gasteiger partial charge is 0.252 e. The van der Waals surface area contributed by atoms with Gasteiger partial charge >= 0.3 is 0 Å². The standard InChI is InChI=1S/C21H16FN5O3/c1-11-14(21(30)27-16-4-5-25-17(9-24)20(11)16)7-19(29)26-18(10-28)13-3-2-12(8-23)6-15(13)22/h2-6,18,28H,7,10H2,1H3,(H,26,29)(H,27,30)/t18-/m0/s1. The number of hydrogen-bond acceptors (Lipinski definition) is 6. The maximum absolute atomic E-state index is 14.2. The third kappa shape index (κ3) is 3.88. The Morgan fingerprint density at radius 3 is 2.73 bits per heavy atom. The number of rotatable bonds is 5. The van der Waals surface area contributed by atoms with Crippen molar-refractivity contribution in [3.05, 3.63) is 74.6 Å². The molecule has 8 nitrogen and oxygen atoms in total. The Morgan fingerprint density at radius 2 is 2.10 bits per heavy atom. The first-order valence-electron chi connectivity index (χ1n) is 8.90. The summed E-state index contributed by atoms with van der Waals surface area (Å²) in [6, 6.07) is 7.97. The highest BCUT2D eigenvalue weighted by molar-refractivity contribution is 5.88. The number of carbonyl (C=O) groups is 1. The molecule has 2 heterocycles. The van der Waals surface area contributed by atoms with Crippen molar-refractivity contribution in [1.82, 2.24) is 15.3 Å². The van der Waals surface area contributed by atoms with Crippen LogP contribution in [-0.2, 0) is 11.2 Å². The van der Waals surface area contributed by atoms with Crippen molar-refractivity contribution in [2.24, 2.45) is 0 Å². The van der Waals surface area contributed by atoms with Gasteiger partial charge in [-0.25, -0.2) is 9.37 Å². The molecule has 3 N–H and O–H groups in total. The van der Waals surface area contributed by atoms with Crippen LogP contribution in [0.25, 0.3) is 10.9 Å². The molecule has 2 aromatic heterocycles. The summed E-state index contributed by atoms with van der Waals surface area (Å²) < 4.78 is 14.2. The van der Waals surface area contributed by atoms with Gasteiger partial charge in [-0.3, -0.25) is 9.59 Å². The van der Waals surface area contributed by atoms with Crippen LogP contribution in [0.4, 0.5) is 4.39 Å². The Kier molecular flexibility index (Phi) is 5.86. The van der Waals surface area contributed by atoms with Crippen molar-refractivity contribution in [3.8, 4) is 12.1 Å². The van der Waals surface area contributed by atoms with Gasteiger partial charge in [-0.2, -0.15) is 10.5 Å². The summed E-state index contributed by atoms with van der Waals surface area (Å²) in [7, 11) is 0. The molecule has 3 aromatic rings. The predicted octanol–water partition coefficient (Wildman–Crippen LogP) is 1.51. The van der Waals surface area contributed by atoms with E-state index in [1.165, 1.54) is 18.3 Å². The number of aliphatic hydroxyl groups excluding tert-OH is 1. The lowest BCUT2D eigenvalue weighted by Crippen LogP contribution is -2.34. The highest BCUT2D eigenvalue weighted by Crippen LogP contribution is 2.21. The summed E-state index contributed by atoms with van der Waals surface area (Å²) in [6.07, 6.45) is 1.06. The molecule has 9 heteroatoms. The molecule has 0 saturated carbocycles.